The van der Waals surface area contributed by atoms with Crippen LogP contribution >= 0.6 is 0 Å². The van der Waals surface area contributed by atoms with Gasteiger partial charge in [0.25, 0.3) is 0 Å². The molecule has 0 bridgehead atoms. The first-order valence-electron chi connectivity index (χ1n) is 21.9. The minimum atomic E-state index is 1.18. The van der Waals surface area contributed by atoms with E-state index >= 15 is 0 Å². The number of unbranched alkanes of at least 4 members (excludes halogenated alkanes) is 32. The quantitative estimate of drug-likeness (QED) is 0.0636. The molecule has 0 heteroatoms. The maximum Gasteiger partial charge on any atom is -0.0279 e. The zero-order chi connectivity index (χ0) is 33.0. The largest absolute Gasteiger partial charge is 0.0654 e. The Bertz CT molecular complexity index is 660. The highest BCUT2D eigenvalue weighted by Crippen LogP contribution is 2.19. The zero-order valence-electron chi connectivity index (χ0n) is 32.4. The second-order valence-corrected chi connectivity index (χ2v) is 15.3. The Balaban J connectivity index is 1.95. The van der Waals surface area contributed by atoms with Crippen LogP contribution in [0.4, 0.5) is 0 Å². The molecule has 0 saturated carbocycles. The summed E-state index contributed by atoms with van der Waals surface area (Å²) in [4.78, 5) is 0. The number of benzene rings is 1. The molecule has 270 valence electrons. The van der Waals surface area contributed by atoms with E-state index in [9.17, 15) is 0 Å². The Morgan fingerprint density at radius 2 is 0.435 bits per heavy atom. The van der Waals surface area contributed by atoms with E-state index in [4.69, 9.17) is 0 Å². The molecule has 0 aliphatic carbocycles. The van der Waals surface area contributed by atoms with Gasteiger partial charge in [0.15, 0.2) is 0 Å². The summed E-state index contributed by atoms with van der Waals surface area (Å²) in [5.41, 5.74) is 4.79. The molecule has 0 unspecified atom stereocenters. The molecule has 0 spiro atoms. The van der Waals surface area contributed by atoms with Crippen molar-refractivity contribution >= 4 is 0 Å². The molecule has 0 radical (unpaired) electrons. The first-order chi connectivity index (χ1) is 22.8. The zero-order valence-corrected chi connectivity index (χ0v) is 32.4. The van der Waals surface area contributed by atoms with Gasteiger partial charge in [0.05, 0.1) is 0 Å². The number of aryl methyl sites for hydroxylation is 3. The lowest BCUT2D eigenvalue weighted by molar-refractivity contribution is 0.527. The van der Waals surface area contributed by atoms with Crippen LogP contribution in [0.3, 0.4) is 0 Å². The lowest BCUT2D eigenvalue weighted by Gasteiger charge is -2.10. The standard InChI is InChI=1S/C46H86/c1-4-7-9-11-13-15-17-19-21-23-25-27-29-31-33-35-37-39-45-41-44(6-3)42-46(43-45)40-38-36-34-32-30-28-26-24-22-20-18-16-14-12-10-8-5-2/h41-43H,4-40H2,1-3H3. The fraction of sp³-hybridized carbons (Fsp3) is 0.870. The van der Waals surface area contributed by atoms with Crippen molar-refractivity contribution in [2.24, 2.45) is 0 Å². The third-order valence-electron chi connectivity index (χ3n) is 10.7. The number of rotatable bonds is 37. The Kier molecular flexibility index (Phi) is 33.4. The Morgan fingerprint density at radius 1 is 0.239 bits per heavy atom. The van der Waals surface area contributed by atoms with Crippen LogP contribution in [0.2, 0.25) is 0 Å². The molecule has 0 saturated heterocycles. The number of hydrogen-bond acceptors (Lipinski definition) is 0. The molecule has 1 aromatic rings. The predicted octanol–water partition coefficient (Wildman–Crippen LogP) is 16.6. The average Bonchev–Trinajstić information content (AvgIpc) is 3.07. The number of hydrogen-bond donors (Lipinski definition) is 0. The molecule has 0 aliphatic heterocycles. The Labute approximate surface area is 292 Å². The van der Waals surface area contributed by atoms with E-state index in [0.29, 0.717) is 0 Å². The van der Waals surface area contributed by atoms with Gasteiger partial charge in [-0.15, -0.1) is 0 Å². The average molecular weight is 639 g/mol. The van der Waals surface area contributed by atoms with Crippen molar-refractivity contribution < 1.29 is 0 Å². The van der Waals surface area contributed by atoms with Gasteiger partial charge in [0.1, 0.15) is 0 Å². The summed E-state index contributed by atoms with van der Waals surface area (Å²) < 4.78 is 0. The molecule has 0 aliphatic rings. The van der Waals surface area contributed by atoms with Gasteiger partial charge in [-0.2, -0.15) is 0 Å². The highest BCUT2D eigenvalue weighted by molar-refractivity contribution is 5.30. The summed E-state index contributed by atoms with van der Waals surface area (Å²) in [6.45, 7) is 6.95. The van der Waals surface area contributed by atoms with Gasteiger partial charge in [0.2, 0.25) is 0 Å². The molecule has 0 atom stereocenters. The molecule has 1 rings (SSSR count). The summed E-state index contributed by atoms with van der Waals surface area (Å²) in [7, 11) is 0. The third kappa shape index (κ3) is 29.4. The monoisotopic (exact) mass is 639 g/mol. The van der Waals surface area contributed by atoms with Gasteiger partial charge in [-0.05, 0) is 48.8 Å². The normalized spacial score (nSPS) is 11.5. The molecule has 0 heterocycles. The summed E-state index contributed by atoms with van der Waals surface area (Å²) in [6.07, 6.45) is 53.2. The molecule has 0 N–H and O–H groups in total. The summed E-state index contributed by atoms with van der Waals surface area (Å²) in [6, 6.07) is 7.56. The van der Waals surface area contributed by atoms with E-state index in [1.165, 1.54) is 238 Å². The molecular weight excluding hydrogens is 553 g/mol. The summed E-state index contributed by atoms with van der Waals surface area (Å²) in [5.74, 6) is 0. The maximum absolute atomic E-state index is 2.55. The van der Waals surface area contributed by atoms with Crippen molar-refractivity contribution in [1.29, 1.82) is 0 Å². The minimum Gasteiger partial charge on any atom is -0.0654 e. The van der Waals surface area contributed by atoms with Crippen molar-refractivity contribution in [1.82, 2.24) is 0 Å². The van der Waals surface area contributed by atoms with Crippen molar-refractivity contribution in [3.63, 3.8) is 0 Å². The van der Waals surface area contributed by atoms with Crippen LogP contribution in [0, 0.1) is 0 Å². The van der Waals surface area contributed by atoms with E-state index in [1.807, 2.05) is 0 Å². The summed E-state index contributed by atoms with van der Waals surface area (Å²) >= 11 is 0. The minimum absolute atomic E-state index is 1.18. The fourth-order valence-corrected chi connectivity index (χ4v) is 7.44. The fourth-order valence-electron chi connectivity index (χ4n) is 7.44. The van der Waals surface area contributed by atoms with Gasteiger partial charge >= 0.3 is 0 Å². The van der Waals surface area contributed by atoms with Crippen LogP contribution in [-0.2, 0) is 19.3 Å². The second-order valence-electron chi connectivity index (χ2n) is 15.3. The topological polar surface area (TPSA) is 0 Å². The highest BCUT2D eigenvalue weighted by atomic mass is 14.1. The van der Waals surface area contributed by atoms with Gasteiger partial charge < -0.3 is 0 Å². The van der Waals surface area contributed by atoms with Gasteiger partial charge in [-0.1, -0.05) is 244 Å². The van der Waals surface area contributed by atoms with Crippen molar-refractivity contribution in [3.8, 4) is 0 Å². The highest BCUT2D eigenvalue weighted by Gasteiger charge is 2.03. The third-order valence-corrected chi connectivity index (χ3v) is 10.7. The van der Waals surface area contributed by atoms with Gasteiger partial charge in [-0.25, -0.2) is 0 Å². The predicted molar refractivity (Wildman–Crippen MR) is 212 cm³/mol. The SMILES string of the molecule is CCCCCCCCCCCCCCCCCCCc1cc(CC)cc(CCCCCCCCCCCCCCCCCCC)c1. The molecular formula is C46H86. The molecule has 1 aromatic carbocycles. The van der Waals surface area contributed by atoms with E-state index < -0.39 is 0 Å². The smallest absolute Gasteiger partial charge is 0.0279 e. The maximum atomic E-state index is 2.55. The van der Waals surface area contributed by atoms with Crippen LogP contribution in [0.25, 0.3) is 0 Å². The van der Waals surface area contributed by atoms with Crippen LogP contribution in [0.1, 0.15) is 256 Å². The van der Waals surface area contributed by atoms with Crippen LogP contribution in [0.5, 0.6) is 0 Å². The van der Waals surface area contributed by atoms with E-state index in [0.717, 1.165) is 0 Å². The first kappa shape index (κ1) is 43.2. The molecule has 46 heavy (non-hydrogen) atoms. The van der Waals surface area contributed by atoms with Crippen molar-refractivity contribution in [2.45, 2.75) is 258 Å². The van der Waals surface area contributed by atoms with Gasteiger partial charge in [0, 0.05) is 0 Å². The van der Waals surface area contributed by atoms with Crippen molar-refractivity contribution in [2.75, 3.05) is 0 Å². The van der Waals surface area contributed by atoms with E-state index in [2.05, 4.69) is 39.0 Å². The first-order valence-corrected chi connectivity index (χ1v) is 21.9. The Morgan fingerprint density at radius 3 is 0.652 bits per heavy atom. The van der Waals surface area contributed by atoms with E-state index in [1.54, 1.807) is 16.7 Å². The van der Waals surface area contributed by atoms with Crippen LogP contribution < -0.4 is 0 Å². The van der Waals surface area contributed by atoms with Crippen LogP contribution in [-0.4, -0.2) is 0 Å². The van der Waals surface area contributed by atoms with Gasteiger partial charge in [-0.3, -0.25) is 0 Å². The Hall–Kier alpha value is -0.780. The summed E-state index contributed by atoms with van der Waals surface area (Å²) in [5, 5.41) is 0. The lowest BCUT2D eigenvalue weighted by atomic mass is 9.96. The van der Waals surface area contributed by atoms with E-state index in [-0.39, 0.29) is 0 Å². The molecule has 0 amide bonds. The van der Waals surface area contributed by atoms with Crippen molar-refractivity contribution in [3.05, 3.63) is 34.9 Å². The van der Waals surface area contributed by atoms with Crippen LogP contribution in [0.15, 0.2) is 18.2 Å². The lowest BCUT2D eigenvalue weighted by Crippen LogP contribution is -1.95. The molecule has 0 aromatic heterocycles. The molecule has 0 fully saturated rings. The second kappa shape index (κ2) is 35.5. The molecule has 0 nitrogen and oxygen atoms in total.